The van der Waals surface area contributed by atoms with Gasteiger partial charge >= 0.3 is 0 Å². The summed E-state index contributed by atoms with van der Waals surface area (Å²) in [5.41, 5.74) is 5.77. The Morgan fingerprint density at radius 3 is 1.86 bits per heavy atom. The van der Waals surface area contributed by atoms with Crippen LogP contribution in [0.25, 0.3) is 0 Å². The smallest absolute Gasteiger partial charge is 0.220 e. The van der Waals surface area contributed by atoms with Crippen molar-refractivity contribution in [3.63, 3.8) is 0 Å². The number of amides is 1. The van der Waals surface area contributed by atoms with Crippen LogP contribution in [-0.4, -0.2) is 27.9 Å². The van der Waals surface area contributed by atoms with E-state index in [1.165, 1.54) is 0 Å². The van der Waals surface area contributed by atoms with Gasteiger partial charge in [0.1, 0.15) is 0 Å². The normalized spacial score (nSPS) is 26.3. The maximum atomic E-state index is 11.6. The summed E-state index contributed by atoms with van der Waals surface area (Å²) in [6, 6.07) is 0.204. The Morgan fingerprint density at radius 2 is 1.57 bits per heavy atom. The van der Waals surface area contributed by atoms with Crippen molar-refractivity contribution in [1.29, 1.82) is 0 Å². The Morgan fingerprint density at radius 1 is 1.21 bits per heavy atom. The van der Waals surface area contributed by atoms with Gasteiger partial charge in [0.25, 0.3) is 0 Å². The molecule has 1 aliphatic heterocycles. The van der Waals surface area contributed by atoms with E-state index < -0.39 is 0 Å². The van der Waals surface area contributed by atoms with E-state index in [0.717, 1.165) is 12.8 Å². The first-order valence-electron chi connectivity index (χ1n) is 5.23. The minimum Gasteiger partial charge on any atom is -0.333 e. The fourth-order valence-corrected chi connectivity index (χ4v) is 3.21. The largest absolute Gasteiger partial charge is 0.333 e. The van der Waals surface area contributed by atoms with Crippen LogP contribution in [-0.2, 0) is 4.79 Å². The maximum Gasteiger partial charge on any atom is 0.220 e. The lowest BCUT2D eigenvalue weighted by Gasteiger charge is -2.54. The summed E-state index contributed by atoms with van der Waals surface area (Å²) in [6.45, 7) is 10.0. The molecule has 0 aromatic carbocycles. The summed E-state index contributed by atoms with van der Waals surface area (Å²) >= 11 is 0. The number of likely N-dealkylation sites (tertiary alicyclic amines) is 1. The molecule has 0 saturated carbocycles. The van der Waals surface area contributed by atoms with Crippen LogP contribution < -0.4 is 5.73 Å². The Hall–Kier alpha value is -0.570. The molecule has 0 aromatic heterocycles. The Kier molecular flexibility index (Phi) is 2.65. The molecule has 0 spiro atoms. The van der Waals surface area contributed by atoms with Crippen LogP contribution in [0.3, 0.4) is 0 Å². The van der Waals surface area contributed by atoms with Gasteiger partial charge in [-0.15, -0.1) is 0 Å². The van der Waals surface area contributed by atoms with Gasteiger partial charge in [-0.1, -0.05) is 0 Å². The molecule has 3 nitrogen and oxygen atoms in total. The van der Waals surface area contributed by atoms with Crippen LogP contribution in [0.4, 0.5) is 0 Å². The highest BCUT2D eigenvalue weighted by Gasteiger charge is 2.45. The third-order valence-electron chi connectivity index (χ3n) is 3.05. The van der Waals surface area contributed by atoms with E-state index in [4.69, 9.17) is 5.73 Å². The molecule has 3 heteroatoms. The summed E-state index contributed by atoms with van der Waals surface area (Å²) in [7, 11) is 0. The predicted octanol–water partition coefficient (Wildman–Crippen LogP) is 1.51. The molecule has 0 aromatic rings. The highest BCUT2D eigenvalue weighted by Crippen LogP contribution is 2.37. The van der Waals surface area contributed by atoms with Crippen molar-refractivity contribution >= 4 is 5.91 Å². The molecular formula is C11H22N2O. The van der Waals surface area contributed by atoms with Crippen molar-refractivity contribution in [2.75, 3.05) is 0 Å². The number of piperidine rings is 1. The summed E-state index contributed by atoms with van der Waals surface area (Å²) in [6.07, 6.45) is 1.77. The second-order valence-corrected chi connectivity index (χ2v) is 5.65. The number of nitrogens with zero attached hydrogens (tertiary/aromatic N) is 1. The van der Waals surface area contributed by atoms with Crippen LogP contribution in [0.15, 0.2) is 0 Å². The fourth-order valence-electron chi connectivity index (χ4n) is 3.21. The standard InChI is InChI=1S/C11H22N2O/c1-8(14)13-10(2,3)6-9(12)7-11(13,4)5/h9H,6-7,12H2,1-5H3. The lowest BCUT2D eigenvalue weighted by atomic mass is 9.77. The predicted molar refractivity (Wildman–Crippen MR) is 57.9 cm³/mol. The van der Waals surface area contributed by atoms with E-state index in [0.29, 0.717) is 0 Å². The van der Waals surface area contributed by atoms with Gasteiger partial charge < -0.3 is 10.6 Å². The number of hydrogen-bond donors (Lipinski definition) is 1. The van der Waals surface area contributed by atoms with Crippen LogP contribution in [0.5, 0.6) is 0 Å². The van der Waals surface area contributed by atoms with Gasteiger partial charge in [-0.2, -0.15) is 0 Å². The summed E-state index contributed by atoms with van der Waals surface area (Å²) in [4.78, 5) is 13.6. The molecule has 2 N–H and O–H groups in total. The van der Waals surface area contributed by atoms with Crippen LogP contribution in [0.1, 0.15) is 47.5 Å². The molecule has 82 valence electrons. The van der Waals surface area contributed by atoms with Gasteiger partial charge in [0.15, 0.2) is 0 Å². The molecule has 0 atom stereocenters. The average Bonchev–Trinajstić information content (AvgIpc) is 1.75. The molecule has 1 fully saturated rings. The highest BCUT2D eigenvalue weighted by molar-refractivity contribution is 5.75. The lowest BCUT2D eigenvalue weighted by Crippen LogP contribution is -2.64. The minimum absolute atomic E-state index is 0.118. The van der Waals surface area contributed by atoms with Gasteiger partial charge in [-0.25, -0.2) is 0 Å². The van der Waals surface area contributed by atoms with E-state index in [9.17, 15) is 4.79 Å². The van der Waals surface area contributed by atoms with Crippen molar-refractivity contribution in [2.45, 2.75) is 64.6 Å². The number of rotatable bonds is 0. The highest BCUT2D eigenvalue weighted by atomic mass is 16.2. The number of carbonyl (C=O) groups is 1. The quantitative estimate of drug-likeness (QED) is 0.641. The Bertz CT molecular complexity index is 228. The molecule has 0 bridgehead atoms. The summed E-state index contributed by atoms with van der Waals surface area (Å²) in [5, 5.41) is 0. The van der Waals surface area contributed by atoms with Crippen LogP contribution in [0.2, 0.25) is 0 Å². The molecular weight excluding hydrogens is 176 g/mol. The SMILES string of the molecule is CC(=O)N1C(C)(C)CC(N)CC1(C)C. The number of nitrogens with two attached hydrogens (primary N) is 1. The van der Waals surface area contributed by atoms with E-state index in [-0.39, 0.29) is 23.0 Å². The minimum atomic E-state index is -0.118. The van der Waals surface area contributed by atoms with Crippen LogP contribution in [0, 0.1) is 0 Å². The van der Waals surface area contributed by atoms with Gasteiger partial charge in [0, 0.05) is 24.0 Å². The molecule has 1 heterocycles. The van der Waals surface area contributed by atoms with Gasteiger partial charge in [0.2, 0.25) is 5.91 Å². The van der Waals surface area contributed by atoms with Crippen molar-refractivity contribution in [2.24, 2.45) is 5.73 Å². The Labute approximate surface area is 86.6 Å². The monoisotopic (exact) mass is 198 g/mol. The zero-order chi connectivity index (χ0) is 11.1. The van der Waals surface area contributed by atoms with E-state index in [1.54, 1.807) is 6.92 Å². The molecule has 0 aliphatic carbocycles. The first-order chi connectivity index (χ1) is 6.17. The van der Waals surface area contributed by atoms with Crippen molar-refractivity contribution in [3.8, 4) is 0 Å². The van der Waals surface area contributed by atoms with Gasteiger partial charge in [-0.3, -0.25) is 4.79 Å². The second kappa shape index (κ2) is 3.23. The first kappa shape index (κ1) is 11.5. The molecule has 1 saturated heterocycles. The van der Waals surface area contributed by atoms with Crippen molar-refractivity contribution < 1.29 is 4.79 Å². The molecule has 14 heavy (non-hydrogen) atoms. The topological polar surface area (TPSA) is 46.3 Å². The summed E-state index contributed by atoms with van der Waals surface area (Å²) < 4.78 is 0. The lowest BCUT2D eigenvalue weighted by molar-refractivity contribution is -0.147. The van der Waals surface area contributed by atoms with Gasteiger partial charge in [0.05, 0.1) is 0 Å². The first-order valence-corrected chi connectivity index (χ1v) is 5.23. The molecule has 1 aliphatic rings. The molecule has 0 unspecified atom stereocenters. The van der Waals surface area contributed by atoms with Gasteiger partial charge in [-0.05, 0) is 40.5 Å². The van der Waals surface area contributed by atoms with Crippen molar-refractivity contribution in [1.82, 2.24) is 4.90 Å². The average molecular weight is 198 g/mol. The second-order valence-electron chi connectivity index (χ2n) is 5.65. The molecule has 1 rings (SSSR count). The Balaban J connectivity index is 3.03. The summed E-state index contributed by atoms with van der Waals surface area (Å²) in [5.74, 6) is 0.145. The van der Waals surface area contributed by atoms with Crippen LogP contribution >= 0.6 is 0 Å². The third kappa shape index (κ3) is 1.92. The maximum absolute atomic E-state index is 11.6. The fraction of sp³-hybridized carbons (Fsp3) is 0.909. The van der Waals surface area contributed by atoms with E-state index >= 15 is 0 Å². The molecule has 0 radical (unpaired) electrons. The van der Waals surface area contributed by atoms with E-state index in [2.05, 4.69) is 27.7 Å². The zero-order valence-corrected chi connectivity index (χ0v) is 9.92. The third-order valence-corrected chi connectivity index (χ3v) is 3.05. The van der Waals surface area contributed by atoms with Crippen molar-refractivity contribution in [3.05, 3.63) is 0 Å². The number of hydrogen-bond acceptors (Lipinski definition) is 2. The van der Waals surface area contributed by atoms with E-state index in [1.807, 2.05) is 4.90 Å². The zero-order valence-electron chi connectivity index (χ0n) is 9.92. The molecule has 1 amide bonds. The number of carbonyl (C=O) groups excluding carboxylic acids is 1.